The van der Waals surface area contributed by atoms with Crippen molar-refractivity contribution in [3.8, 4) is 0 Å². The fraction of sp³-hybridized carbons (Fsp3) is 0.833. The lowest BCUT2D eigenvalue weighted by molar-refractivity contribution is -0.286. The van der Waals surface area contributed by atoms with Gasteiger partial charge >= 0.3 is 36.1 Å². The van der Waals surface area contributed by atoms with Crippen molar-refractivity contribution in [3.63, 3.8) is 0 Å². The zero-order valence-corrected chi connectivity index (χ0v) is 13.0. The van der Waals surface area contributed by atoms with Gasteiger partial charge in [-0.25, -0.2) is 4.79 Å². The lowest BCUT2D eigenvalue weighted by Gasteiger charge is -2.20. The van der Waals surface area contributed by atoms with Crippen LogP contribution in [-0.2, 0) is 19.1 Å². The lowest BCUT2D eigenvalue weighted by atomic mass is 10.2. The van der Waals surface area contributed by atoms with E-state index >= 15 is 0 Å². The van der Waals surface area contributed by atoms with Crippen molar-refractivity contribution in [2.75, 3.05) is 13.2 Å². The summed E-state index contributed by atoms with van der Waals surface area (Å²) in [6, 6.07) is 0. The van der Waals surface area contributed by atoms with Crippen LogP contribution in [0.5, 0.6) is 0 Å². The Morgan fingerprint density at radius 2 is 1.11 bits per heavy atom. The van der Waals surface area contributed by atoms with Crippen molar-refractivity contribution in [1.29, 1.82) is 0 Å². The molecule has 1 atom stereocenters. The van der Waals surface area contributed by atoms with E-state index in [1.165, 1.54) is 0 Å². The number of hydrogen-bond acceptors (Lipinski definition) is 5. The topological polar surface area (TPSA) is 72.8 Å². The summed E-state index contributed by atoms with van der Waals surface area (Å²) in [5.74, 6) is -13.8. The second-order valence-corrected chi connectivity index (χ2v) is 5.01. The number of aliphatic hydroxyl groups excluding tert-OH is 1. The summed E-state index contributed by atoms with van der Waals surface area (Å²) < 4.78 is 129. The minimum Gasteiger partial charge on any atom is -0.465 e. The number of esters is 2. The first-order chi connectivity index (χ1) is 11.9. The second-order valence-electron chi connectivity index (χ2n) is 5.01. The fourth-order valence-electron chi connectivity index (χ4n) is 1.25. The van der Waals surface area contributed by atoms with E-state index in [9.17, 15) is 53.5 Å². The summed E-state index contributed by atoms with van der Waals surface area (Å²) in [7, 11) is 0. The predicted octanol–water partition coefficient (Wildman–Crippen LogP) is 3.00. The second kappa shape index (κ2) is 8.93. The molecule has 1 unspecified atom stereocenters. The highest BCUT2D eigenvalue weighted by Gasteiger charge is 2.57. The Hall–Kier alpha value is -1.80. The van der Waals surface area contributed by atoms with Gasteiger partial charge < -0.3 is 14.6 Å². The number of ether oxygens (including phenoxy) is 2. The van der Waals surface area contributed by atoms with Gasteiger partial charge in [-0.05, 0) is 0 Å². The number of halogens is 10. The number of rotatable bonds is 9. The highest BCUT2D eigenvalue weighted by atomic mass is 19.4. The van der Waals surface area contributed by atoms with Crippen LogP contribution in [-0.4, -0.2) is 60.6 Å². The van der Waals surface area contributed by atoms with E-state index in [1.807, 2.05) is 0 Å². The van der Waals surface area contributed by atoms with E-state index < -0.39 is 74.7 Å². The number of carbonyl (C=O) groups excluding carboxylic acids is 2. The van der Waals surface area contributed by atoms with E-state index in [0.29, 0.717) is 0 Å². The van der Waals surface area contributed by atoms with Crippen LogP contribution >= 0.6 is 0 Å². The van der Waals surface area contributed by atoms with Gasteiger partial charge in [0, 0.05) is 0 Å². The van der Waals surface area contributed by atoms with Crippen LogP contribution in [0.3, 0.4) is 0 Å². The molecule has 0 aliphatic heterocycles. The normalized spacial score (nSPS) is 14.6. The van der Waals surface area contributed by atoms with Crippen molar-refractivity contribution in [2.45, 2.75) is 49.6 Å². The van der Waals surface area contributed by atoms with Crippen LogP contribution in [0.1, 0.15) is 19.3 Å². The first-order valence-corrected chi connectivity index (χ1v) is 6.80. The molecule has 0 aliphatic carbocycles. The minimum atomic E-state index is -5.90. The molecule has 160 valence electrons. The Labute approximate surface area is 144 Å². The smallest absolute Gasteiger partial charge is 0.453 e. The van der Waals surface area contributed by atoms with Crippen LogP contribution in [0.2, 0.25) is 0 Å². The summed E-state index contributed by atoms with van der Waals surface area (Å²) in [4.78, 5) is 22.2. The molecule has 5 nitrogen and oxygen atoms in total. The van der Waals surface area contributed by atoms with Gasteiger partial charge in [0.25, 0.3) is 0 Å². The van der Waals surface area contributed by atoms with Gasteiger partial charge in [0.05, 0.1) is 32.5 Å². The quantitative estimate of drug-likeness (QED) is 0.454. The minimum absolute atomic E-state index is 1.31. The zero-order valence-electron chi connectivity index (χ0n) is 13.0. The van der Waals surface area contributed by atoms with Gasteiger partial charge in [-0.15, -0.1) is 0 Å². The van der Waals surface area contributed by atoms with E-state index in [1.54, 1.807) is 0 Å². The molecule has 0 rings (SSSR count). The average molecular weight is 426 g/mol. The van der Waals surface area contributed by atoms with E-state index in [-0.39, 0.29) is 0 Å². The number of carbonyl (C=O) groups is 2. The van der Waals surface area contributed by atoms with Gasteiger partial charge in [0.2, 0.25) is 0 Å². The Morgan fingerprint density at radius 1 is 0.741 bits per heavy atom. The molecule has 15 heteroatoms. The molecule has 0 aliphatic rings. The van der Waals surface area contributed by atoms with Gasteiger partial charge in [-0.1, -0.05) is 0 Å². The monoisotopic (exact) mass is 426 g/mol. The van der Waals surface area contributed by atoms with E-state index in [2.05, 4.69) is 9.47 Å². The summed E-state index contributed by atoms with van der Waals surface area (Å²) in [6.45, 7) is -2.90. The van der Waals surface area contributed by atoms with Crippen molar-refractivity contribution in [2.24, 2.45) is 0 Å². The van der Waals surface area contributed by atoms with Crippen molar-refractivity contribution in [3.05, 3.63) is 0 Å². The first-order valence-electron chi connectivity index (χ1n) is 6.80. The highest BCUT2D eigenvalue weighted by molar-refractivity contribution is 5.81. The SMILES string of the molecule is O=C(CC(O)C(=O)OCCC(F)(F)C(F)(F)F)OCCC(F)(F)C(F)(F)F. The molecule has 0 saturated carbocycles. The molecular formula is C12H12F10O5. The molecule has 0 aromatic heterocycles. The van der Waals surface area contributed by atoms with Gasteiger partial charge in [-0.2, -0.15) is 43.9 Å². The Morgan fingerprint density at radius 3 is 1.48 bits per heavy atom. The summed E-state index contributed by atoms with van der Waals surface area (Å²) >= 11 is 0. The van der Waals surface area contributed by atoms with Gasteiger partial charge in [-0.3, -0.25) is 4.79 Å². The van der Waals surface area contributed by atoms with Crippen LogP contribution in [0, 0.1) is 0 Å². The molecule has 0 fully saturated rings. The van der Waals surface area contributed by atoms with Gasteiger partial charge in [0.1, 0.15) is 0 Å². The van der Waals surface area contributed by atoms with E-state index in [4.69, 9.17) is 5.11 Å². The van der Waals surface area contributed by atoms with Crippen molar-refractivity contribution in [1.82, 2.24) is 0 Å². The van der Waals surface area contributed by atoms with Crippen LogP contribution < -0.4 is 0 Å². The molecule has 1 N–H and O–H groups in total. The molecule has 0 bridgehead atoms. The van der Waals surface area contributed by atoms with Crippen LogP contribution in [0.4, 0.5) is 43.9 Å². The van der Waals surface area contributed by atoms with Gasteiger partial charge in [0.15, 0.2) is 6.10 Å². The summed E-state index contributed by atoms with van der Waals surface area (Å²) in [6.07, 6.45) is -19.4. The van der Waals surface area contributed by atoms with Crippen LogP contribution in [0.25, 0.3) is 0 Å². The molecule has 0 heterocycles. The summed E-state index contributed by atoms with van der Waals surface area (Å²) in [5.41, 5.74) is 0. The maximum atomic E-state index is 12.5. The standard InChI is InChI=1S/C12H12F10O5/c13-9(14,11(17,18)19)1-3-26-7(24)5-6(23)8(25)27-4-2-10(15,16)12(20,21)22/h6,23H,1-5H2. The predicted molar refractivity (Wildman–Crippen MR) is 63.8 cm³/mol. The van der Waals surface area contributed by atoms with Crippen LogP contribution in [0.15, 0.2) is 0 Å². The lowest BCUT2D eigenvalue weighted by Crippen LogP contribution is -2.38. The van der Waals surface area contributed by atoms with Crippen molar-refractivity contribution < 1.29 is 68.1 Å². The highest BCUT2D eigenvalue weighted by Crippen LogP contribution is 2.38. The maximum absolute atomic E-state index is 12.5. The maximum Gasteiger partial charge on any atom is 0.453 e. The molecule has 0 radical (unpaired) electrons. The molecule has 27 heavy (non-hydrogen) atoms. The number of alkyl halides is 10. The summed E-state index contributed by atoms with van der Waals surface area (Å²) in [5, 5.41) is 9.15. The molecular weight excluding hydrogens is 414 g/mol. The Kier molecular flexibility index (Phi) is 8.33. The Balaban J connectivity index is 4.28. The third-order valence-electron chi connectivity index (χ3n) is 2.80. The average Bonchev–Trinajstić information content (AvgIpc) is 2.44. The number of aliphatic hydroxyl groups is 1. The third-order valence-corrected chi connectivity index (χ3v) is 2.80. The Bertz CT molecular complexity index is 514. The molecule has 0 saturated heterocycles. The molecule has 0 aromatic carbocycles. The molecule has 0 aromatic rings. The van der Waals surface area contributed by atoms with E-state index in [0.717, 1.165) is 0 Å². The fourth-order valence-corrected chi connectivity index (χ4v) is 1.25. The molecule has 0 spiro atoms. The number of hydrogen-bond donors (Lipinski definition) is 1. The largest absolute Gasteiger partial charge is 0.465 e. The third kappa shape index (κ3) is 8.17. The zero-order chi connectivity index (χ0) is 21.7. The first kappa shape index (κ1) is 25.2. The van der Waals surface area contributed by atoms with Crippen molar-refractivity contribution >= 4 is 11.9 Å². The molecule has 0 amide bonds.